The predicted molar refractivity (Wildman–Crippen MR) is 90.9 cm³/mol. The van der Waals surface area contributed by atoms with Crippen molar-refractivity contribution in [2.45, 2.75) is 6.92 Å². The van der Waals surface area contributed by atoms with E-state index >= 15 is 0 Å². The van der Waals surface area contributed by atoms with E-state index in [0.29, 0.717) is 17.0 Å². The summed E-state index contributed by atoms with van der Waals surface area (Å²) in [6.45, 7) is 1.92. The Morgan fingerprint density at radius 3 is 2.38 bits per heavy atom. The molecule has 0 saturated carbocycles. The van der Waals surface area contributed by atoms with E-state index in [1.807, 2.05) is 31.2 Å². The second-order valence-corrected chi connectivity index (χ2v) is 5.01. The average molecular weight is 317 g/mol. The normalized spacial score (nSPS) is 10.4. The molecule has 0 unspecified atom stereocenters. The third kappa shape index (κ3) is 4.72. The van der Waals surface area contributed by atoms with E-state index in [1.165, 1.54) is 6.08 Å². The summed E-state index contributed by atoms with van der Waals surface area (Å²) in [5, 5.41) is 20.4. The molecule has 0 fully saturated rings. The SMILES string of the molecule is Cc1ccc(NC(=O)/C(C#N)=C/c2ccc(OCC#N)cc2)cc1. The Morgan fingerprint density at radius 2 is 1.79 bits per heavy atom. The summed E-state index contributed by atoms with van der Waals surface area (Å²) in [5.41, 5.74) is 2.41. The van der Waals surface area contributed by atoms with E-state index in [-0.39, 0.29) is 12.2 Å². The number of aryl methyl sites for hydroxylation is 1. The number of carbonyl (C=O) groups excluding carboxylic acids is 1. The first-order chi connectivity index (χ1) is 11.6. The van der Waals surface area contributed by atoms with E-state index < -0.39 is 5.91 Å². The molecule has 0 aliphatic rings. The Kier molecular flexibility index (Phi) is 5.71. The summed E-state index contributed by atoms with van der Waals surface area (Å²) < 4.78 is 5.15. The van der Waals surface area contributed by atoms with Crippen LogP contribution in [0, 0.1) is 29.6 Å². The van der Waals surface area contributed by atoms with Gasteiger partial charge in [-0.3, -0.25) is 4.79 Å². The molecule has 0 aliphatic carbocycles. The summed E-state index contributed by atoms with van der Waals surface area (Å²) >= 11 is 0. The zero-order chi connectivity index (χ0) is 17.4. The molecule has 0 spiro atoms. The predicted octanol–water partition coefficient (Wildman–Crippen LogP) is 3.44. The van der Waals surface area contributed by atoms with E-state index in [0.717, 1.165) is 5.56 Å². The minimum atomic E-state index is -0.467. The number of benzene rings is 2. The second kappa shape index (κ2) is 8.17. The molecule has 0 atom stereocenters. The summed E-state index contributed by atoms with van der Waals surface area (Å²) in [7, 11) is 0. The highest BCUT2D eigenvalue weighted by Crippen LogP contribution is 2.16. The van der Waals surface area contributed by atoms with Gasteiger partial charge in [0, 0.05) is 5.69 Å². The molecule has 5 heteroatoms. The number of nitriles is 2. The Labute approximate surface area is 140 Å². The van der Waals surface area contributed by atoms with Crippen molar-refractivity contribution in [3.8, 4) is 17.9 Å². The van der Waals surface area contributed by atoms with Crippen LogP contribution in [0.25, 0.3) is 6.08 Å². The maximum Gasteiger partial charge on any atom is 0.266 e. The monoisotopic (exact) mass is 317 g/mol. The molecule has 0 heterocycles. The number of anilines is 1. The van der Waals surface area contributed by atoms with Crippen molar-refractivity contribution in [1.29, 1.82) is 10.5 Å². The van der Waals surface area contributed by atoms with E-state index in [2.05, 4.69) is 5.32 Å². The molecule has 0 aliphatic heterocycles. The van der Waals surface area contributed by atoms with Crippen LogP contribution >= 0.6 is 0 Å². The maximum absolute atomic E-state index is 12.2. The summed E-state index contributed by atoms with van der Waals surface area (Å²) in [5.74, 6) is 0.0856. The first kappa shape index (κ1) is 16.8. The molecule has 0 bridgehead atoms. The van der Waals surface area contributed by atoms with Crippen LogP contribution in [-0.2, 0) is 4.79 Å². The van der Waals surface area contributed by atoms with Gasteiger partial charge in [0.25, 0.3) is 5.91 Å². The van der Waals surface area contributed by atoms with Crippen LogP contribution in [0.3, 0.4) is 0 Å². The number of nitrogens with one attached hydrogen (secondary N) is 1. The van der Waals surface area contributed by atoms with Gasteiger partial charge in [-0.15, -0.1) is 0 Å². The molecular formula is C19H15N3O2. The lowest BCUT2D eigenvalue weighted by atomic mass is 10.1. The highest BCUT2D eigenvalue weighted by molar-refractivity contribution is 6.09. The Hall–Kier alpha value is -3.57. The molecule has 0 aromatic heterocycles. The third-order valence-corrected chi connectivity index (χ3v) is 3.17. The third-order valence-electron chi connectivity index (χ3n) is 3.17. The molecule has 1 amide bonds. The van der Waals surface area contributed by atoms with Gasteiger partial charge in [-0.25, -0.2) is 0 Å². The largest absolute Gasteiger partial charge is 0.479 e. The molecule has 2 aromatic carbocycles. The minimum absolute atomic E-state index is 0.00117. The van der Waals surface area contributed by atoms with Gasteiger partial charge in [0.2, 0.25) is 0 Å². The van der Waals surface area contributed by atoms with Crippen LogP contribution in [0.1, 0.15) is 11.1 Å². The Morgan fingerprint density at radius 1 is 1.12 bits per heavy atom. The first-order valence-electron chi connectivity index (χ1n) is 7.22. The lowest BCUT2D eigenvalue weighted by Gasteiger charge is -2.05. The van der Waals surface area contributed by atoms with Crippen molar-refractivity contribution in [2.24, 2.45) is 0 Å². The van der Waals surface area contributed by atoms with Crippen molar-refractivity contribution >= 4 is 17.7 Å². The van der Waals surface area contributed by atoms with E-state index in [9.17, 15) is 10.1 Å². The fourth-order valence-corrected chi connectivity index (χ4v) is 1.93. The Bertz CT molecular complexity index is 823. The van der Waals surface area contributed by atoms with Crippen LogP contribution in [0.15, 0.2) is 54.1 Å². The topological polar surface area (TPSA) is 85.9 Å². The molecular weight excluding hydrogens is 302 g/mol. The zero-order valence-electron chi connectivity index (χ0n) is 13.1. The van der Waals surface area contributed by atoms with Gasteiger partial charge < -0.3 is 10.1 Å². The molecule has 0 saturated heterocycles. The number of carbonyl (C=O) groups is 1. The summed E-state index contributed by atoms with van der Waals surface area (Å²) in [4.78, 5) is 12.2. The standard InChI is InChI=1S/C19H15N3O2/c1-14-2-6-17(7-3-14)22-19(23)16(13-21)12-15-4-8-18(9-5-15)24-11-10-20/h2-9,12H,11H2,1H3,(H,22,23)/b16-12+. The second-order valence-electron chi connectivity index (χ2n) is 5.01. The van der Waals surface area contributed by atoms with Gasteiger partial charge in [-0.05, 0) is 42.8 Å². The van der Waals surface area contributed by atoms with E-state index in [1.54, 1.807) is 36.4 Å². The number of ether oxygens (including phenoxy) is 1. The number of nitrogens with zero attached hydrogens (tertiary/aromatic N) is 2. The quantitative estimate of drug-likeness (QED) is 0.676. The number of amides is 1. The lowest BCUT2D eigenvalue weighted by Crippen LogP contribution is -2.13. The zero-order valence-corrected chi connectivity index (χ0v) is 13.1. The van der Waals surface area contributed by atoms with Crippen molar-refractivity contribution in [1.82, 2.24) is 0 Å². The lowest BCUT2D eigenvalue weighted by molar-refractivity contribution is -0.112. The van der Waals surface area contributed by atoms with Crippen LogP contribution in [-0.4, -0.2) is 12.5 Å². The average Bonchev–Trinajstić information content (AvgIpc) is 2.60. The highest BCUT2D eigenvalue weighted by Gasteiger charge is 2.09. The number of hydrogen-bond donors (Lipinski definition) is 1. The molecule has 1 N–H and O–H groups in total. The Balaban J connectivity index is 2.10. The van der Waals surface area contributed by atoms with E-state index in [4.69, 9.17) is 10.00 Å². The van der Waals surface area contributed by atoms with Crippen LogP contribution in [0.4, 0.5) is 5.69 Å². The highest BCUT2D eigenvalue weighted by atomic mass is 16.5. The first-order valence-corrected chi connectivity index (χ1v) is 7.22. The maximum atomic E-state index is 12.2. The van der Waals surface area contributed by atoms with Gasteiger partial charge >= 0.3 is 0 Å². The van der Waals surface area contributed by atoms with Crippen molar-refractivity contribution in [3.63, 3.8) is 0 Å². The van der Waals surface area contributed by atoms with Gasteiger partial charge in [-0.1, -0.05) is 29.8 Å². The molecule has 118 valence electrons. The summed E-state index contributed by atoms with van der Waals surface area (Å²) in [6, 6.07) is 17.9. The van der Waals surface area contributed by atoms with Gasteiger partial charge in [0.1, 0.15) is 23.5 Å². The molecule has 2 aromatic rings. The van der Waals surface area contributed by atoms with Gasteiger partial charge in [0.15, 0.2) is 6.61 Å². The summed E-state index contributed by atoms with van der Waals surface area (Å²) in [6.07, 6.45) is 1.50. The van der Waals surface area contributed by atoms with Crippen molar-refractivity contribution < 1.29 is 9.53 Å². The van der Waals surface area contributed by atoms with Crippen LogP contribution in [0.2, 0.25) is 0 Å². The smallest absolute Gasteiger partial charge is 0.266 e. The number of rotatable bonds is 5. The van der Waals surface area contributed by atoms with Crippen molar-refractivity contribution in [2.75, 3.05) is 11.9 Å². The van der Waals surface area contributed by atoms with Crippen LogP contribution in [0.5, 0.6) is 5.75 Å². The molecule has 0 radical (unpaired) electrons. The minimum Gasteiger partial charge on any atom is -0.479 e. The molecule has 24 heavy (non-hydrogen) atoms. The van der Waals surface area contributed by atoms with Crippen LogP contribution < -0.4 is 10.1 Å². The molecule has 5 nitrogen and oxygen atoms in total. The number of hydrogen-bond acceptors (Lipinski definition) is 4. The van der Waals surface area contributed by atoms with Gasteiger partial charge in [0.05, 0.1) is 0 Å². The fraction of sp³-hybridized carbons (Fsp3) is 0.105. The van der Waals surface area contributed by atoms with Gasteiger partial charge in [-0.2, -0.15) is 10.5 Å². The van der Waals surface area contributed by atoms with Crippen molar-refractivity contribution in [3.05, 3.63) is 65.2 Å². The fourth-order valence-electron chi connectivity index (χ4n) is 1.93. The molecule has 2 rings (SSSR count).